The van der Waals surface area contributed by atoms with Gasteiger partial charge in [-0.25, -0.2) is 18.0 Å². The SMILES string of the molecule is O=S(=O)(Cc1ccc2nonc2c1)c1ccc(C(F)(F)F)cn1. The van der Waals surface area contributed by atoms with Crippen LogP contribution in [0.2, 0.25) is 0 Å². The summed E-state index contributed by atoms with van der Waals surface area (Å²) in [4.78, 5) is 3.41. The van der Waals surface area contributed by atoms with E-state index >= 15 is 0 Å². The van der Waals surface area contributed by atoms with E-state index in [2.05, 4.69) is 19.9 Å². The molecule has 0 N–H and O–H groups in total. The number of hydrogen-bond donors (Lipinski definition) is 0. The van der Waals surface area contributed by atoms with Crippen LogP contribution < -0.4 is 0 Å². The first-order chi connectivity index (χ1) is 10.8. The van der Waals surface area contributed by atoms with Crippen molar-refractivity contribution in [1.82, 2.24) is 15.3 Å². The van der Waals surface area contributed by atoms with E-state index in [-0.39, 0.29) is 0 Å². The van der Waals surface area contributed by atoms with Crippen LogP contribution in [0.4, 0.5) is 13.2 Å². The number of halogens is 3. The van der Waals surface area contributed by atoms with Gasteiger partial charge in [0.05, 0.1) is 11.3 Å². The van der Waals surface area contributed by atoms with Crippen molar-refractivity contribution in [1.29, 1.82) is 0 Å². The van der Waals surface area contributed by atoms with Gasteiger partial charge in [-0.3, -0.25) is 0 Å². The van der Waals surface area contributed by atoms with Gasteiger partial charge in [-0.2, -0.15) is 13.2 Å². The lowest BCUT2D eigenvalue weighted by molar-refractivity contribution is -0.137. The van der Waals surface area contributed by atoms with Gasteiger partial charge in [0.15, 0.2) is 14.9 Å². The van der Waals surface area contributed by atoms with E-state index in [4.69, 9.17) is 0 Å². The molecule has 3 aromatic rings. The molecule has 3 rings (SSSR count). The average molecular weight is 343 g/mol. The fourth-order valence-electron chi connectivity index (χ4n) is 1.94. The summed E-state index contributed by atoms with van der Waals surface area (Å²) in [6.07, 6.45) is -4.07. The number of hydrogen-bond acceptors (Lipinski definition) is 6. The van der Waals surface area contributed by atoms with Crippen molar-refractivity contribution < 1.29 is 26.2 Å². The summed E-state index contributed by atoms with van der Waals surface area (Å²) in [6, 6.07) is 6.07. The largest absolute Gasteiger partial charge is 0.417 e. The Morgan fingerprint density at radius 3 is 2.43 bits per heavy atom. The minimum atomic E-state index is -4.57. The van der Waals surface area contributed by atoms with Gasteiger partial charge in [0, 0.05) is 6.20 Å². The molecule has 0 unspecified atom stereocenters. The molecule has 0 aliphatic carbocycles. The maximum atomic E-state index is 12.5. The normalized spacial score (nSPS) is 12.7. The highest BCUT2D eigenvalue weighted by Gasteiger charge is 2.31. The van der Waals surface area contributed by atoms with Gasteiger partial charge < -0.3 is 0 Å². The van der Waals surface area contributed by atoms with Crippen LogP contribution in [0.5, 0.6) is 0 Å². The molecule has 1 aromatic carbocycles. The molecule has 10 heteroatoms. The first-order valence-electron chi connectivity index (χ1n) is 6.23. The van der Waals surface area contributed by atoms with E-state index in [0.29, 0.717) is 28.9 Å². The summed E-state index contributed by atoms with van der Waals surface area (Å²) in [6.45, 7) is 0. The third kappa shape index (κ3) is 3.16. The maximum Gasteiger partial charge on any atom is 0.417 e. The summed E-state index contributed by atoms with van der Waals surface area (Å²) in [5.74, 6) is -0.422. The number of rotatable bonds is 3. The molecule has 0 saturated carbocycles. The third-order valence-corrected chi connectivity index (χ3v) is 4.65. The van der Waals surface area contributed by atoms with Gasteiger partial charge in [0.1, 0.15) is 11.0 Å². The van der Waals surface area contributed by atoms with E-state index in [1.54, 1.807) is 0 Å². The van der Waals surface area contributed by atoms with Crippen LogP contribution in [0.1, 0.15) is 11.1 Å². The molecule has 0 bridgehead atoms. The molecule has 2 aromatic heterocycles. The molecule has 120 valence electrons. The Hall–Kier alpha value is -2.49. The minimum absolute atomic E-state index is 0.387. The molecule has 0 spiro atoms. The van der Waals surface area contributed by atoms with Crippen molar-refractivity contribution in [3.05, 3.63) is 47.7 Å². The summed E-state index contributed by atoms with van der Waals surface area (Å²) < 4.78 is 66.4. The Bertz CT molecular complexity index is 950. The van der Waals surface area contributed by atoms with E-state index in [0.717, 1.165) is 6.07 Å². The van der Waals surface area contributed by atoms with E-state index in [1.165, 1.54) is 18.2 Å². The van der Waals surface area contributed by atoms with Gasteiger partial charge in [0.2, 0.25) is 0 Å². The number of aromatic nitrogens is 3. The van der Waals surface area contributed by atoms with E-state index in [9.17, 15) is 21.6 Å². The Labute approximate surface area is 127 Å². The van der Waals surface area contributed by atoms with Crippen molar-refractivity contribution in [2.45, 2.75) is 17.0 Å². The predicted octanol–water partition coefficient (Wildman–Crippen LogP) is 2.61. The Morgan fingerprint density at radius 1 is 1.04 bits per heavy atom. The molecule has 0 radical (unpaired) electrons. The Kier molecular flexibility index (Phi) is 3.55. The molecule has 23 heavy (non-hydrogen) atoms. The highest BCUT2D eigenvalue weighted by Crippen LogP contribution is 2.29. The van der Waals surface area contributed by atoms with Gasteiger partial charge in [0.25, 0.3) is 0 Å². The summed E-state index contributed by atoms with van der Waals surface area (Å²) in [5.41, 5.74) is 0.248. The second-order valence-electron chi connectivity index (χ2n) is 4.73. The molecule has 0 atom stereocenters. The van der Waals surface area contributed by atoms with Crippen LogP contribution in [0, 0.1) is 0 Å². The highest BCUT2D eigenvalue weighted by molar-refractivity contribution is 7.90. The summed E-state index contributed by atoms with van der Waals surface area (Å²) in [7, 11) is -3.88. The molecule has 6 nitrogen and oxygen atoms in total. The van der Waals surface area contributed by atoms with Crippen LogP contribution in [-0.4, -0.2) is 23.7 Å². The second kappa shape index (κ2) is 5.30. The zero-order valence-corrected chi connectivity index (χ0v) is 12.1. The molecule has 0 amide bonds. The first kappa shape index (κ1) is 15.4. The zero-order valence-electron chi connectivity index (χ0n) is 11.3. The lowest BCUT2D eigenvalue weighted by Crippen LogP contribution is -2.10. The number of alkyl halides is 3. The van der Waals surface area contributed by atoms with Gasteiger partial charge in [-0.05, 0) is 40.1 Å². The number of pyridine rings is 1. The molecule has 2 heterocycles. The summed E-state index contributed by atoms with van der Waals surface area (Å²) >= 11 is 0. The molecule has 0 saturated heterocycles. The predicted molar refractivity (Wildman–Crippen MR) is 71.9 cm³/mol. The lowest BCUT2D eigenvalue weighted by Gasteiger charge is -2.07. The van der Waals surface area contributed by atoms with Crippen molar-refractivity contribution in [3.63, 3.8) is 0 Å². The van der Waals surface area contributed by atoms with Crippen molar-refractivity contribution in [2.24, 2.45) is 0 Å². The van der Waals surface area contributed by atoms with E-state index in [1.807, 2.05) is 0 Å². The molecule has 0 aliphatic heterocycles. The number of fused-ring (bicyclic) bond motifs is 1. The summed E-state index contributed by atoms with van der Waals surface area (Å²) in [5, 5.41) is 6.76. The smallest absolute Gasteiger partial charge is 0.244 e. The van der Waals surface area contributed by atoms with Crippen LogP contribution in [0.3, 0.4) is 0 Å². The van der Waals surface area contributed by atoms with Crippen LogP contribution >= 0.6 is 0 Å². The molecular formula is C13H8F3N3O3S. The Balaban J connectivity index is 1.88. The van der Waals surface area contributed by atoms with Crippen molar-refractivity contribution in [2.75, 3.05) is 0 Å². The molecule has 0 aliphatic rings. The van der Waals surface area contributed by atoms with Crippen molar-refractivity contribution in [3.8, 4) is 0 Å². The fourth-order valence-corrected chi connectivity index (χ4v) is 3.20. The van der Waals surface area contributed by atoms with Crippen LogP contribution in [0.15, 0.2) is 46.2 Å². The monoisotopic (exact) mass is 343 g/mol. The third-order valence-electron chi connectivity index (χ3n) is 3.06. The first-order valence-corrected chi connectivity index (χ1v) is 7.88. The molecular weight excluding hydrogens is 335 g/mol. The second-order valence-corrected chi connectivity index (χ2v) is 6.67. The molecule has 0 fully saturated rings. The van der Waals surface area contributed by atoms with Gasteiger partial charge >= 0.3 is 6.18 Å². The lowest BCUT2D eigenvalue weighted by atomic mass is 10.2. The topological polar surface area (TPSA) is 86.0 Å². The van der Waals surface area contributed by atoms with E-state index < -0.39 is 32.4 Å². The van der Waals surface area contributed by atoms with Gasteiger partial charge in [-0.1, -0.05) is 6.07 Å². The highest BCUT2D eigenvalue weighted by atomic mass is 32.2. The van der Waals surface area contributed by atoms with Crippen LogP contribution in [-0.2, 0) is 21.8 Å². The maximum absolute atomic E-state index is 12.5. The standard InChI is InChI=1S/C13H8F3N3O3S/c14-13(15,16)9-2-4-12(17-6-9)23(20,21)7-8-1-3-10-11(5-8)19-22-18-10/h1-6H,7H2. The van der Waals surface area contributed by atoms with Crippen molar-refractivity contribution >= 4 is 20.9 Å². The fraction of sp³-hybridized carbons (Fsp3) is 0.154. The average Bonchev–Trinajstić information content (AvgIpc) is 2.93. The minimum Gasteiger partial charge on any atom is -0.244 e. The Morgan fingerprint density at radius 2 is 1.78 bits per heavy atom. The van der Waals surface area contributed by atoms with Crippen LogP contribution in [0.25, 0.3) is 11.0 Å². The number of benzene rings is 1. The quantitative estimate of drug-likeness (QED) is 0.727. The zero-order chi connectivity index (χ0) is 16.7. The van der Waals surface area contributed by atoms with Gasteiger partial charge in [-0.15, -0.1) is 0 Å². The number of nitrogens with zero attached hydrogens (tertiary/aromatic N) is 3. The number of sulfone groups is 1.